The molecule has 4 rings (SSSR count). The van der Waals surface area contributed by atoms with Crippen LogP contribution in [-0.4, -0.2) is 206 Å². The average Bonchev–Trinajstić information content (AvgIpc) is 1.80. The van der Waals surface area contributed by atoms with E-state index < -0.39 is 90.1 Å². The van der Waals surface area contributed by atoms with Gasteiger partial charge in [-0.15, -0.1) is 0 Å². The first-order chi connectivity index (χ1) is 44.9. The number of carboxylic acids is 1. The highest BCUT2D eigenvalue weighted by molar-refractivity contribution is 6.03. The zero-order valence-corrected chi connectivity index (χ0v) is 58.9. The van der Waals surface area contributed by atoms with Crippen LogP contribution in [0.2, 0.25) is 0 Å². The molecule has 0 radical (unpaired) electrons. The van der Waals surface area contributed by atoms with Crippen molar-refractivity contribution in [1.82, 2.24) is 46.2 Å². The van der Waals surface area contributed by atoms with E-state index in [0.29, 0.717) is 76.7 Å². The number of likely N-dealkylation sites (tertiary alicyclic amines) is 2. The van der Waals surface area contributed by atoms with Crippen molar-refractivity contribution in [3.8, 4) is 0 Å². The highest BCUT2D eigenvalue weighted by atomic mass is 16.5. The number of carbonyl (C=O) groups excluding carboxylic acids is 10. The second kappa shape index (κ2) is 38.9. The number of rotatable bonds is 40. The summed E-state index contributed by atoms with van der Waals surface area (Å²) in [6.45, 7) is 19.9. The van der Waals surface area contributed by atoms with E-state index in [1.165, 1.54) is 24.0 Å². The molecule has 0 spiro atoms. The normalized spacial score (nSPS) is 18.1. The van der Waals surface area contributed by atoms with Gasteiger partial charge in [0.1, 0.15) is 24.2 Å². The van der Waals surface area contributed by atoms with Crippen molar-refractivity contribution in [2.75, 3.05) is 66.4 Å². The standard InChI is InChI=1S/C70H111N11O14/c1-16-45(8)61(54(94-14)41-57(84)80-37-24-28-53(80)62(95-15)47(10)63(85)74-52(69(91)92)40-49-25-19-17-20-26-49)79(13)68(90)59(43(4)5)76-65(87)60(44(6)7)77(11)38-34-48-30-32-50(33-31-48)78(12)67(89)51(27-23-35-72-70(71)93)73-64(86)58(42(2)3)75-55(82)29-21-18-22-36-81-56(83)39-46(9)66(81)88/h17,19-20,25-26,30-33,42-47,51-54,58-62H,16,18,21-24,27-29,34-41H2,1-15H3,(H,73,86)(H,74,85)(H,75,82)(H,76,87)(H,91,92)(H3,71,72,93)/t45-,46?,47+,51-,52-,53-,54+,58-,59-,60-,61-,62+/m0/s1. The molecule has 2 aliphatic rings. The first kappa shape index (κ1) is 79.9. The lowest BCUT2D eigenvalue weighted by Crippen LogP contribution is -2.60. The van der Waals surface area contributed by atoms with E-state index in [0.717, 1.165) is 11.1 Å². The van der Waals surface area contributed by atoms with Gasteiger partial charge in [-0.1, -0.05) is 125 Å². The van der Waals surface area contributed by atoms with Crippen molar-refractivity contribution < 1.29 is 67.3 Å². The minimum Gasteiger partial charge on any atom is -0.480 e. The van der Waals surface area contributed by atoms with Gasteiger partial charge in [-0.3, -0.25) is 53.0 Å². The minimum absolute atomic E-state index is 0.0892. The highest BCUT2D eigenvalue weighted by Gasteiger charge is 2.44. The molecule has 11 amide bonds. The lowest BCUT2D eigenvalue weighted by molar-refractivity contribution is -0.148. The number of anilines is 1. The van der Waals surface area contributed by atoms with Crippen molar-refractivity contribution >= 4 is 70.9 Å². The number of methoxy groups -OCH3 is 2. The Kier molecular flexibility index (Phi) is 32.7. The molecule has 0 saturated carbocycles. The molecular weight excluding hydrogens is 1220 g/mol. The molecule has 8 N–H and O–H groups in total. The molecule has 2 fully saturated rings. The second-order valence-electron chi connectivity index (χ2n) is 27.0. The topological polar surface area (TPSA) is 329 Å². The molecule has 25 heteroatoms. The number of aliphatic carboxylic acids is 1. The van der Waals surface area contributed by atoms with Gasteiger partial charge < -0.3 is 61.6 Å². The number of hydrogen-bond donors (Lipinski definition) is 7. The first-order valence-corrected chi connectivity index (χ1v) is 33.9. The maximum absolute atomic E-state index is 14.9. The lowest BCUT2D eigenvalue weighted by atomic mass is 9.89. The molecule has 2 aromatic rings. The van der Waals surface area contributed by atoms with Crippen LogP contribution >= 0.6 is 0 Å². The number of nitrogens with one attached hydrogen (secondary N) is 5. The Hall–Kier alpha value is -7.51. The van der Waals surface area contributed by atoms with Gasteiger partial charge in [-0.25, -0.2) is 9.59 Å². The molecule has 1 unspecified atom stereocenters. The van der Waals surface area contributed by atoms with Crippen LogP contribution < -0.4 is 37.2 Å². The molecule has 0 aliphatic carbocycles. The molecule has 2 aliphatic heterocycles. The fourth-order valence-corrected chi connectivity index (χ4v) is 13.0. The number of ether oxygens (including phenoxy) is 2. The van der Waals surface area contributed by atoms with Gasteiger partial charge in [0.15, 0.2) is 0 Å². The van der Waals surface area contributed by atoms with Gasteiger partial charge in [0.2, 0.25) is 53.2 Å². The number of nitrogens with two attached hydrogens (primary N) is 1. The second-order valence-corrected chi connectivity index (χ2v) is 27.0. The van der Waals surface area contributed by atoms with E-state index in [9.17, 15) is 57.8 Å². The average molecular weight is 1330 g/mol. The smallest absolute Gasteiger partial charge is 0.326 e. The Morgan fingerprint density at radius 2 is 1.37 bits per heavy atom. The number of carbonyl (C=O) groups is 11. The third-order valence-corrected chi connectivity index (χ3v) is 18.8. The predicted molar refractivity (Wildman–Crippen MR) is 362 cm³/mol. The molecule has 0 bridgehead atoms. The number of likely N-dealkylation sites (N-methyl/N-ethyl adjacent to an activating group) is 3. The fraction of sp³-hybridized carbons (Fsp3) is 0.671. The van der Waals surface area contributed by atoms with Crippen LogP contribution in [0.25, 0.3) is 0 Å². The van der Waals surface area contributed by atoms with Crippen LogP contribution in [0.3, 0.4) is 0 Å². The SMILES string of the molecule is CC[C@H](C)[C@@H]([C@@H](CC(=O)N1CCC[C@H]1[C@H](OC)[C@@H](C)C(=O)N[C@@H](Cc1ccccc1)C(=O)O)OC)N(C)C(=O)[C@@H](NC(=O)[C@H](C(C)C)N(C)CCc1ccc(N(C)C(=O)[C@H](CCCNC(N)=O)NC(=O)[C@@H](NC(=O)CCCCCN2C(=O)CC(C)C2=O)C(C)C)cc1)C(C)C. The third-order valence-electron chi connectivity index (χ3n) is 18.8. The number of hydrogen-bond acceptors (Lipinski definition) is 14. The summed E-state index contributed by atoms with van der Waals surface area (Å²) < 4.78 is 12.1. The molecule has 12 atom stereocenters. The quantitative estimate of drug-likeness (QED) is 0.0339. The molecule has 25 nitrogen and oxygen atoms in total. The van der Waals surface area contributed by atoms with E-state index in [1.807, 2.05) is 71.7 Å². The summed E-state index contributed by atoms with van der Waals surface area (Å²) in [6.07, 6.45) is 3.24. The molecule has 0 aromatic heterocycles. The van der Waals surface area contributed by atoms with Crippen molar-refractivity contribution in [2.24, 2.45) is 41.2 Å². The van der Waals surface area contributed by atoms with Crippen LogP contribution in [0, 0.1) is 35.5 Å². The maximum Gasteiger partial charge on any atom is 0.326 e. The predicted octanol–water partition coefficient (Wildman–Crippen LogP) is 5.05. The Balaban J connectivity index is 1.40. The summed E-state index contributed by atoms with van der Waals surface area (Å²) >= 11 is 0. The zero-order chi connectivity index (χ0) is 71.0. The van der Waals surface area contributed by atoms with Crippen LogP contribution in [0.4, 0.5) is 10.5 Å². The summed E-state index contributed by atoms with van der Waals surface area (Å²) in [4.78, 5) is 155. The van der Waals surface area contributed by atoms with E-state index in [-0.39, 0.29) is 104 Å². The van der Waals surface area contributed by atoms with Gasteiger partial charge >= 0.3 is 12.0 Å². The van der Waals surface area contributed by atoms with Crippen molar-refractivity contribution in [3.05, 3.63) is 65.7 Å². The fourth-order valence-electron chi connectivity index (χ4n) is 13.0. The number of amides is 11. The number of unbranched alkanes of at least 4 members (excludes halogenated alkanes) is 2. The molecule has 2 aromatic carbocycles. The number of imide groups is 1. The number of carboxylic acid groups (broad SMARTS) is 1. The zero-order valence-electron chi connectivity index (χ0n) is 58.9. The van der Waals surface area contributed by atoms with Crippen LogP contribution in [-0.2, 0) is 70.3 Å². The van der Waals surface area contributed by atoms with E-state index in [1.54, 1.807) is 88.0 Å². The third kappa shape index (κ3) is 23.4. The van der Waals surface area contributed by atoms with Crippen molar-refractivity contribution in [1.29, 1.82) is 0 Å². The largest absolute Gasteiger partial charge is 0.480 e. The van der Waals surface area contributed by atoms with E-state index >= 15 is 0 Å². The molecule has 95 heavy (non-hydrogen) atoms. The number of benzene rings is 2. The molecular formula is C70H111N11O14. The van der Waals surface area contributed by atoms with E-state index in [4.69, 9.17) is 15.2 Å². The summed E-state index contributed by atoms with van der Waals surface area (Å²) in [6, 6.07) is 9.77. The van der Waals surface area contributed by atoms with Gasteiger partial charge in [-0.2, -0.15) is 0 Å². The molecule has 2 heterocycles. The summed E-state index contributed by atoms with van der Waals surface area (Å²) in [5.41, 5.74) is 7.50. The van der Waals surface area contributed by atoms with Crippen LogP contribution in [0.5, 0.6) is 0 Å². The molecule has 2 saturated heterocycles. The summed E-state index contributed by atoms with van der Waals surface area (Å²) in [5, 5.41) is 24.0. The maximum atomic E-state index is 14.9. The molecule has 530 valence electrons. The first-order valence-electron chi connectivity index (χ1n) is 33.9. The van der Waals surface area contributed by atoms with E-state index in [2.05, 4.69) is 26.6 Å². The van der Waals surface area contributed by atoms with Crippen molar-refractivity contribution in [3.63, 3.8) is 0 Å². The Bertz CT molecular complexity index is 2880. The van der Waals surface area contributed by atoms with Gasteiger partial charge in [-0.05, 0) is 98.9 Å². The number of nitrogens with zero attached hydrogens (tertiary/aromatic N) is 5. The van der Waals surface area contributed by atoms with Crippen LogP contribution in [0.15, 0.2) is 54.6 Å². The number of primary amides is 1. The minimum atomic E-state index is -1.18. The van der Waals surface area contributed by atoms with Gasteiger partial charge in [0.25, 0.3) is 0 Å². The van der Waals surface area contributed by atoms with Crippen molar-refractivity contribution in [2.45, 2.75) is 207 Å². The summed E-state index contributed by atoms with van der Waals surface area (Å²) in [7, 11) is 8.12. The summed E-state index contributed by atoms with van der Waals surface area (Å²) in [5.74, 6) is -6.43. The lowest BCUT2D eigenvalue weighted by Gasteiger charge is -2.41. The van der Waals surface area contributed by atoms with Gasteiger partial charge in [0.05, 0.1) is 42.7 Å². The Morgan fingerprint density at radius 1 is 0.726 bits per heavy atom. The number of urea groups is 1. The van der Waals surface area contributed by atoms with Crippen LogP contribution in [0.1, 0.15) is 151 Å². The highest BCUT2D eigenvalue weighted by Crippen LogP contribution is 2.31. The monoisotopic (exact) mass is 1330 g/mol. The van der Waals surface area contributed by atoms with Gasteiger partial charge in [0, 0.05) is 85.4 Å². The Morgan fingerprint density at radius 3 is 1.93 bits per heavy atom. The Labute approximate surface area is 562 Å².